The maximum absolute atomic E-state index is 13.5. The molecule has 82 valence electrons. The van der Waals surface area contributed by atoms with Crippen molar-refractivity contribution >= 4 is 0 Å². The highest BCUT2D eigenvalue weighted by Crippen LogP contribution is 2.19. The Morgan fingerprint density at radius 3 is 3.00 bits per heavy atom. The first-order chi connectivity index (χ1) is 7.31. The van der Waals surface area contributed by atoms with Crippen LogP contribution in [0.1, 0.15) is 18.5 Å². The summed E-state index contributed by atoms with van der Waals surface area (Å²) in [4.78, 5) is 2.34. The summed E-state index contributed by atoms with van der Waals surface area (Å²) in [7, 11) is 0. The van der Waals surface area contributed by atoms with Crippen LogP contribution in [0.5, 0.6) is 0 Å². The molecule has 0 radical (unpaired) electrons. The summed E-state index contributed by atoms with van der Waals surface area (Å²) in [5, 5.41) is 3.36. The van der Waals surface area contributed by atoms with Gasteiger partial charge in [-0.2, -0.15) is 0 Å². The summed E-state index contributed by atoms with van der Waals surface area (Å²) >= 11 is 0. The number of nitrogens with one attached hydrogen (secondary N) is 1. The van der Waals surface area contributed by atoms with Crippen molar-refractivity contribution in [2.45, 2.75) is 13.0 Å². The highest BCUT2D eigenvalue weighted by Gasteiger charge is 2.21. The first-order valence-corrected chi connectivity index (χ1v) is 5.51. The van der Waals surface area contributed by atoms with Gasteiger partial charge in [0.2, 0.25) is 0 Å². The van der Waals surface area contributed by atoms with Crippen LogP contribution in [-0.2, 0) is 0 Å². The molecule has 0 aliphatic carbocycles. The zero-order valence-corrected chi connectivity index (χ0v) is 9.04. The van der Waals surface area contributed by atoms with E-state index >= 15 is 0 Å². The van der Waals surface area contributed by atoms with E-state index in [9.17, 15) is 4.39 Å². The third kappa shape index (κ3) is 2.36. The van der Waals surface area contributed by atoms with Crippen molar-refractivity contribution in [2.75, 3.05) is 26.2 Å². The second-order valence-corrected chi connectivity index (χ2v) is 3.92. The average Bonchev–Trinajstić information content (AvgIpc) is 2.30. The molecule has 1 unspecified atom stereocenters. The van der Waals surface area contributed by atoms with Crippen molar-refractivity contribution in [3.63, 3.8) is 0 Å². The molecule has 2 nitrogen and oxygen atoms in total. The van der Waals surface area contributed by atoms with Gasteiger partial charge in [-0.05, 0) is 12.6 Å². The normalized spacial score (nSPS) is 22.9. The van der Waals surface area contributed by atoms with Crippen LogP contribution in [0.4, 0.5) is 4.39 Å². The van der Waals surface area contributed by atoms with Gasteiger partial charge >= 0.3 is 0 Å². The Kier molecular flexibility index (Phi) is 3.34. The lowest BCUT2D eigenvalue weighted by atomic mass is 10.0. The molecule has 3 heteroatoms. The predicted octanol–water partition coefficient (Wildman–Crippen LogP) is 1.79. The molecule has 1 fully saturated rings. The molecule has 1 aliphatic heterocycles. The number of nitrogens with zero attached hydrogens (tertiary/aromatic N) is 1. The Morgan fingerprint density at radius 1 is 1.47 bits per heavy atom. The van der Waals surface area contributed by atoms with E-state index in [-0.39, 0.29) is 11.9 Å². The fraction of sp³-hybridized carbons (Fsp3) is 0.500. The van der Waals surface area contributed by atoms with Crippen LogP contribution in [-0.4, -0.2) is 31.1 Å². The molecule has 1 aromatic rings. The summed E-state index contributed by atoms with van der Waals surface area (Å²) in [5.41, 5.74) is 0.788. The number of likely N-dealkylation sites (N-methyl/N-ethyl adjacent to an activating group) is 1. The highest BCUT2D eigenvalue weighted by molar-refractivity contribution is 5.22. The van der Waals surface area contributed by atoms with E-state index in [1.807, 2.05) is 12.1 Å². The second kappa shape index (κ2) is 4.73. The van der Waals surface area contributed by atoms with Crippen molar-refractivity contribution in [1.82, 2.24) is 10.2 Å². The zero-order chi connectivity index (χ0) is 10.7. The monoisotopic (exact) mass is 208 g/mol. The van der Waals surface area contributed by atoms with Crippen LogP contribution in [0.15, 0.2) is 24.3 Å². The lowest BCUT2D eigenvalue weighted by Crippen LogP contribution is -2.45. The molecule has 1 aliphatic rings. The molecular formula is C12H17FN2. The van der Waals surface area contributed by atoms with Gasteiger partial charge in [-0.15, -0.1) is 0 Å². The standard InChI is InChI=1S/C12H17FN2/c1-2-15-8-7-14-12(9-15)10-5-3-4-6-11(10)13/h3-6,12,14H,2,7-9H2,1H3. The summed E-state index contributed by atoms with van der Waals surface area (Å²) in [6.07, 6.45) is 0. The van der Waals surface area contributed by atoms with Gasteiger partial charge in [0.15, 0.2) is 0 Å². The smallest absolute Gasteiger partial charge is 0.128 e. The van der Waals surface area contributed by atoms with Crippen LogP contribution in [0.3, 0.4) is 0 Å². The Balaban J connectivity index is 2.13. The predicted molar refractivity (Wildman–Crippen MR) is 59.3 cm³/mol. The van der Waals surface area contributed by atoms with Gasteiger partial charge in [0, 0.05) is 31.2 Å². The molecule has 1 heterocycles. The van der Waals surface area contributed by atoms with Gasteiger partial charge in [0.05, 0.1) is 0 Å². The van der Waals surface area contributed by atoms with Crippen molar-refractivity contribution in [1.29, 1.82) is 0 Å². The van der Waals surface area contributed by atoms with Gasteiger partial charge in [-0.25, -0.2) is 4.39 Å². The molecule has 1 aromatic carbocycles. The van der Waals surface area contributed by atoms with Crippen LogP contribution in [0.2, 0.25) is 0 Å². The van der Waals surface area contributed by atoms with E-state index in [4.69, 9.17) is 0 Å². The first kappa shape index (κ1) is 10.6. The van der Waals surface area contributed by atoms with E-state index in [1.54, 1.807) is 6.07 Å². The number of rotatable bonds is 2. The Labute approximate surface area is 90.1 Å². The van der Waals surface area contributed by atoms with E-state index in [0.717, 1.165) is 31.7 Å². The van der Waals surface area contributed by atoms with Crippen molar-refractivity contribution in [3.05, 3.63) is 35.6 Å². The third-order valence-corrected chi connectivity index (χ3v) is 2.99. The molecule has 1 N–H and O–H groups in total. The van der Waals surface area contributed by atoms with Gasteiger partial charge in [-0.3, -0.25) is 0 Å². The van der Waals surface area contributed by atoms with Crippen LogP contribution in [0.25, 0.3) is 0 Å². The van der Waals surface area contributed by atoms with E-state index < -0.39 is 0 Å². The fourth-order valence-corrected chi connectivity index (χ4v) is 2.06. The third-order valence-electron chi connectivity index (χ3n) is 2.99. The zero-order valence-electron chi connectivity index (χ0n) is 9.04. The molecule has 0 aromatic heterocycles. The number of hydrogen-bond donors (Lipinski definition) is 1. The van der Waals surface area contributed by atoms with Gasteiger partial charge in [0.1, 0.15) is 5.82 Å². The number of piperazine rings is 1. The van der Waals surface area contributed by atoms with Crippen molar-refractivity contribution < 1.29 is 4.39 Å². The molecule has 0 saturated carbocycles. The minimum Gasteiger partial charge on any atom is -0.307 e. The SMILES string of the molecule is CCN1CCNC(c2ccccc2F)C1. The Hall–Kier alpha value is -0.930. The lowest BCUT2D eigenvalue weighted by molar-refractivity contribution is 0.208. The van der Waals surface area contributed by atoms with Crippen molar-refractivity contribution in [3.8, 4) is 0 Å². The van der Waals surface area contributed by atoms with Crippen LogP contribution >= 0.6 is 0 Å². The topological polar surface area (TPSA) is 15.3 Å². The van der Waals surface area contributed by atoms with E-state index in [1.165, 1.54) is 6.07 Å². The minimum absolute atomic E-state index is 0.104. The first-order valence-electron chi connectivity index (χ1n) is 5.51. The summed E-state index contributed by atoms with van der Waals surface area (Å²) < 4.78 is 13.5. The lowest BCUT2D eigenvalue weighted by Gasteiger charge is -2.33. The summed E-state index contributed by atoms with van der Waals surface area (Å²) in [5.74, 6) is -0.104. The minimum atomic E-state index is -0.104. The maximum atomic E-state index is 13.5. The Bertz CT molecular complexity index is 327. The molecule has 0 spiro atoms. The molecule has 0 amide bonds. The molecular weight excluding hydrogens is 191 g/mol. The number of halogens is 1. The summed E-state index contributed by atoms with van der Waals surface area (Å²) in [6, 6.07) is 7.16. The highest BCUT2D eigenvalue weighted by atomic mass is 19.1. The molecule has 0 bridgehead atoms. The number of benzene rings is 1. The molecule has 1 atom stereocenters. The molecule has 1 saturated heterocycles. The molecule has 2 rings (SSSR count). The quantitative estimate of drug-likeness (QED) is 0.797. The maximum Gasteiger partial charge on any atom is 0.128 e. The van der Waals surface area contributed by atoms with Crippen LogP contribution < -0.4 is 5.32 Å². The Morgan fingerprint density at radius 2 is 2.27 bits per heavy atom. The van der Waals surface area contributed by atoms with Crippen molar-refractivity contribution in [2.24, 2.45) is 0 Å². The van der Waals surface area contributed by atoms with Gasteiger partial charge in [0.25, 0.3) is 0 Å². The van der Waals surface area contributed by atoms with Crippen LogP contribution in [0, 0.1) is 5.82 Å². The largest absolute Gasteiger partial charge is 0.307 e. The molecule has 15 heavy (non-hydrogen) atoms. The second-order valence-electron chi connectivity index (χ2n) is 3.92. The summed E-state index contributed by atoms with van der Waals surface area (Å²) in [6.45, 7) is 6.07. The average molecular weight is 208 g/mol. The van der Waals surface area contributed by atoms with Gasteiger partial charge in [-0.1, -0.05) is 25.1 Å². The van der Waals surface area contributed by atoms with E-state index in [2.05, 4.69) is 17.1 Å². The van der Waals surface area contributed by atoms with E-state index in [0.29, 0.717) is 0 Å². The fourth-order valence-electron chi connectivity index (χ4n) is 2.06. The number of hydrogen-bond acceptors (Lipinski definition) is 2. The van der Waals surface area contributed by atoms with Gasteiger partial charge < -0.3 is 10.2 Å².